The van der Waals surface area contributed by atoms with Crippen LogP contribution in [0.4, 0.5) is 0 Å². The highest BCUT2D eigenvalue weighted by molar-refractivity contribution is 6.22. The van der Waals surface area contributed by atoms with Crippen molar-refractivity contribution in [1.29, 1.82) is 0 Å². The molecule has 0 spiro atoms. The second-order valence-electron chi connectivity index (χ2n) is 12.1. The number of aromatic nitrogens is 2. The predicted octanol–water partition coefficient (Wildman–Crippen LogP) is 13.2. The summed E-state index contributed by atoms with van der Waals surface area (Å²) in [6.07, 6.45) is 0. The number of hydrogen-bond acceptors (Lipinski definition) is 1. The molecule has 1 heterocycles. The van der Waals surface area contributed by atoms with E-state index >= 15 is 0 Å². The maximum absolute atomic E-state index is 9.44. The van der Waals surface area contributed by atoms with Crippen molar-refractivity contribution in [3.05, 3.63) is 194 Å². The van der Waals surface area contributed by atoms with Crippen LogP contribution in [0.25, 0.3) is 93.8 Å². The summed E-state index contributed by atoms with van der Waals surface area (Å²) in [7, 11) is 0. The minimum atomic E-state index is -0.600. The van der Waals surface area contributed by atoms with Gasteiger partial charge in [0, 0.05) is 10.9 Å². The lowest BCUT2D eigenvalue weighted by Gasteiger charge is -2.20. The molecule has 0 aliphatic heterocycles. The van der Waals surface area contributed by atoms with E-state index in [2.05, 4.69) is 10.6 Å². The van der Waals surface area contributed by atoms with Crippen LogP contribution in [0.3, 0.4) is 0 Å². The molecule has 0 saturated heterocycles. The zero-order valence-electron chi connectivity index (χ0n) is 39.9. The molecule has 0 radical (unpaired) electrons. The summed E-state index contributed by atoms with van der Waals surface area (Å²) >= 11 is 0. The second-order valence-corrected chi connectivity index (χ2v) is 12.1. The van der Waals surface area contributed by atoms with Gasteiger partial charge in [-0.1, -0.05) is 176 Å². The first-order chi connectivity index (χ1) is 30.7. The summed E-state index contributed by atoms with van der Waals surface area (Å²) in [5.41, 5.74) is 3.85. The summed E-state index contributed by atoms with van der Waals surface area (Å²) < 4.78 is 118. The van der Waals surface area contributed by atoms with Crippen molar-refractivity contribution in [2.24, 2.45) is 0 Å². The number of nitrogens with zero attached hydrogens (tertiary/aromatic N) is 2. The standard InChI is InChI=1S/C49H32N2/c1-2-15-33(16-3-1)37-19-6-7-21-39(37)48-42-24-10-8-22-40(42)47(41-23-9-11-25-43(41)48)35-29-31-36(32-30-35)49-50-44-26-12-13-27-46(44)51(49)45-28-14-18-34-17-4-5-20-38(34)45/h1-32H/i1D,2D,3D,8D,9D,10D,11D,15D,16D,22D,23D,24D,25D. The average Bonchev–Trinajstić information content (AvgIpc) is 3.71. The smallest absolute Gasteiger partial charge is 0.145 e. The van der Waals surface area contributed by atoms with Crippen LogP contribution in [0.1, 0.15) is 17.8 Å². The van der Waals surface area contributed by atoms with Crippen molar-refractivity contribution in [1.82, 2.24) is 9.55 Å². The van der Waals surface area contributed by atoms with E-state index in [0.29, 0.717) is 17.0 Å². The van der Waals surface area contributed by atoms with Crippen molar-refractivity contribution in [2.45, 2.75) is 0 Å². The van der Waals surface area contributed by atoms with Crippen LogP contribution in [-0.4, -0.2) is 9.55 Å². The van der Waals surface area contributed by atoms with Gasteiger partial charge in [-0.05, 0) is 78.5 Å². The molecule has 238 valence electrons. The van der Waals surface area contributed by atoms with Crippen LogP contribution in [0.15, 0.2) is 194 Å². The van der Waals surface area contributed by atoms with Crippen LogP contribution in [0, 0.1) is 0 Å². The van der Waals surface area contributed by atoms with Crippen molar-refractivity contribution < 1.29 is 17.8 Å². The second kappa shape index (κ2) is 12.0. The number of rotatable bonds is 5. The molecular weight excluding hydrogens is 617 g/mol. The summed E-state index contributed by atoms with van der Waals surface area (Å²) in [5.74, 6) is 0.627. The summed E-state index contributed by atoms with van der Waals surface area (Å²) in [4.78, 5) is 5.07. The first kappa shape index (κ1) is 18.8. The molecule has 51 heavy (non-hydrogen) atoms. The van der Waals surface area contributed by atoms with Gasteiger partial charge in [-0.3, -0.25) is 4.57 Å². The molecule has 0 aliphatic rings. The Bertz CT molecular complexity index is 3540. The lowest BCUT2D eigenvalue weighted by molar-refractivity contribution is 1.11. The molecule has 1 aromatic heterocycles. The third-order valence-corrected chi connectivity index (χ3v) is 9.34. The predicted molar refractivity (Wildman–Crippen MR) is 215 cm³/mol. The third-order valence-electron chi connectivity index (χ3n) is 9.34. The molecule has 9 aromatic carbocycles. The zero-order chi connectivity index (χ0) is 45.0. The number of fused-ring (bicyclic) bond motifs is 4. The molecule has 2 heteroatoms. The first-order valence-corrected chi connectivity index (χ1v) is 16.4. The van der Waals surface area contributed by atoms with Gasteiger partial charge in [0.15, 0.2) is 0 Å². The van der Waals surface area contributed by atoms with Gasteiger partial charge in [0.05, 0.1) is 34.5 Å². The normalized spacial score (nSPS) is 15.1. The molecule has 0 bridgehead atoms. The highest BCUT2D eigenvalue weighted by Gasteiger charge is 2.20. The van der Waals surface area contributed by atoms with E-state index in [0.717, 1.165) is 27.5 Å². The highest BCUT2D eigenvalue weighted by Crippen LogP contribution is 2.46. The monoisotopic (exact) mass is 661 g/mol. The minimum absolute atomic E-state index is 0.00409. The Kier molecular flexibility index (Phi) is 4.43. The summed E-state index contributed by atoms with van der Waals surface area (Å²) in [6.45, 7) is 0. The summed E-state index contributed by atoms with van der Waals surface area (Å²) in [6, 6.07) is 28.4. The van der Waals surface area contributed by atoms with Crippen molar-refractivity contribution in [3.8, 4) is 50.5 Å². The van der Waals surface area contributed by atoms with Crippen molar-refractivity contribution >= 4 is 43.4 Å². The van der Waals surface area contributed by atoms with E-state index < -0.39 is 78.6 Å². The number of hydrogen-bond donors (Lipinski definition) is 0. The molecule has 0 saturated carbocycles. The number of imidazole rings is 1. The quantitative estimate of drug-likeness (QED) is 0.168. The molecule has 0 N–H and O–H groups in total. The first-order valence-electron chi connectivity index (χ1n) is 22.9. The Labute approximate surface area is 314 Å². The fourth-order valence-corrected chi connectivity index (χ4v) is 7.14. The van der Waals surface area contributed by atoms with E-state index in [1.807, 2.05) is 72.8 Å². The maximum atomic E-state index is 9.44. The summed E-state index contributed by atoms with van der Waals surface area (Å²) in [5, 5.41) is 1.88. The van der Waals surface area contributed by atoms with Crippen LogP contribution in [0.2, 0.25) is 0 Å². The lowest BCUT2D eigenvalue weighted by atomic mass is 9.84. The molecule has 10 aromatic rings. The van der Waals surface area contributed by atoms with Gasteiger partial charge in [0.25, 0.3) is 0 Å². The minimum Gasteiger partial charge on any atom is -0.292 e. The molecule has 2 nitrogen and oxygen atoms in total. The van der Waals surface area contributed by atoms with Crippen LogP contribution in [-0.2, 0) is 0 Å². The molecule has 10 rings (SSSR count). The van der Waals surface area contributed by atoms with Crippen LogP contribution >= 0.6 is 0 Å². The van der Waals surface area contributed by atoms with E-state index in [1.165, 1.54) is 6.07 Å². The van der Waals surface area contributed by atoms with Crippen LogP contribution in [0.5, 0.6) is 0 Å². The zero-order valence-corrected chi connectivity index (χ0v) is 26.9. The fourth-order valence-electron chi connectivity index (χ4n) is 7.14. The Morgan fingerprint density at radius 2 is 0.980 bits per heavy atom. The SMILES string of the molecule is [2H]c1c([2H])c([2H])c(-c2ccccc2-c2c3c([2H])c([2H])c([2H])c([2H])c3c(-c3ccc(-c4nc5ccccc5n4-c4cccc5ccccc45)cc3)c3c([2H])c([2H])c([2H])c([2H])c23)c([2H])c1[2H]. The molecule has 0 amide bonds. The Morgan fingerprint density at radius 3 is 1.73 bits per heavy atom. The number of para-hydroxylation sites is 2. The van der Waals surface area contributed by atoms with E-state index in [1.54, 1.807) is 30.3 Å². The van der Waals surface area contributed by atoms with E-state index in [-0.39, 0.29) is 49.4 Å². The molecule has 0 atom stereocenters. The van der Waals surface area contributed by atoms with E-state index in [9.17, 15) is 5.48 Å². The van der Waals surface area contributed by atoms with Gasteiger partial charge >= 0.3 is 0 Å². The van der Waals surface area contributed by atoms with Gasteiger partial charge in [-0.25, -0.2) is 4.98 Å². The van der Waals surface area contributed by atoms with E-state index in [4.69, 9.17) is 17.3 Å². The lowest BCUT2D eigenvalue weighted by Crippen LogP contribution is -1.99. The van der Waals surface area contributed by atoms with Crippen molar-refractivity contribution in [3.63, 3.8) is 0 Å². The average molecular weight is 662 g/mol. The Hall–Kier alpha value is -6.77. The Morgan fingerprint density at radius 1 is 0.412 bits per heavy atom. The van der Waals surface area contributed by atoms with Gasteiger partial charge in [0.2, 0.25) is 0 Å². The molecular formula is C49H32N2. The third kappa shape index (κ3) is 4.76. The van der Waals surface area contributed by atoms with Gasteiger partial charge in [0.1, 0.15) is 5.82 Å². The molecule has 0 fully saturated rings. The van der Waals surface area contributed by atoms with Crippen LogP contribution < -0.4 is 0 Å². The highest BCUT2D eigenvalue weighted by atomic mass is 15.1. The van der Waals surface area contributed by atoms with Gasteiger partial charge < -0.3 is 0 Å². The molecule has 0 aliphatic carbocycles. The Balaban J connectivity index is 1.31. The topological polar surface area (TPSA) is 17.8 Å². The maximum Gasteiger partial charge on any atom is 0.145 e. The van der Waals surface area contributed by atoms with Gasteiger partial charge in [-0.2, -0.15) is 0 Å². The molecule has 0 unspecified atom stereocenters. The van der Waals surface area contributed by atoms with Gasteiger partial charge in [-0.15, -0.1) is 0 Å². The largest absolute Gasteiger partial charge is 0.292 e. The van der Waals surface area contributed by atoms with Crippen molar-refractivity contribution in [2.75, 3.05) is 0 Å². The fraction of sp³-hybridized carbons (Fsp3) is 0. The number of benzene rings is 9.